The van der Waals surface area contributed by atoms with Gasteiger partial charge in [0.2, 0.25) is 0 Å². The van der Waals surface area contributed by atoms with Crippen molar-refractivity contribution in [2.45, 2.75) is 6.54 Å². The van der Waals surface area contributed by atoms with Gasteiger partial charge in [-0.05, 0) is 29.8 Å². The standard InChI is InChI=1S/C15H17N3O/c1-19-14-9-7-13(8-10-14)18-15(16)17-11-12-5-3-2-4-6-12/h2-10H,11H2,1H3,(H3,16,17,18). The smallest absolute Gasteiger partial charge is 0.193 e. The highest BCUT2D eigenvalue weighted by Gasteiger charge is 1.96. The van der Waals surface area contributed by atoms with E-state index in [1.165, 1.54) is 0 Å². The quantitative estimate of drug-likeness (QED) is 0.652. The lowest BCUT2D eigenvalue weighted by molar-refractivity contribution is 0.415. The van der Waals surface area contributed by atoms with Crippen LogP contribution in [0.5, 0.6) is 5.75 Å². The van der Waals surface area contributed by atoms with E-state index in [4.69, 9.17) is 10.5 Å². The molecule has 98 valence electrons. The van der Waals surface area contributed by atoms with Crippen molar-refractivity contribution in [3.8, 4) is 5.75 Å². The van der Waals surface area contributed by atoms with Crippen LogP contribution in [0.4, 0.5) is 5.69 Å². The highest BCUT2D eigenvalue weighted by Crippen LogP contribution is 2.14. The van der Waals surface area contributed by atoms with Gasteiger partial charge in [0.25, 0.3) is 0 Å². The largest absolute Gasteiger partial charge is 0.497 e. The van der Waals surface area contributed by atoms with E-state index in [0.717, 1.165) is 17.0 Å². The molecule has 0 heterocycles. The lowest BCUT2D eigenvalue weighted by Crippen LogP contribution is -2.22. The normalized spacial score (nSPS) is 11.1. The van der Waals surface area contributed by atoms with Crippen molar-refractivity contribution in [2.24, 2.45) is 10.7 Å². The first-order valence-corrected chi connectivity index (χ1v) is 6.03. The third-order valence-electron chi connectivity index (χ3n) is 2.64. The van der Waals surface area contributed by atoms with Crippen LogP contribution in [0.1, 0.15) is 5.56 Å². The summed E-state index contributed by atoms with van der Waals surface area (Å²) in [6.07, 6.45) is 0. The lowest BCUT2D eigenvalue weighted by Gasteiger charge is -2.06. The molecule has 0 spiro atoms. The second kappa shape index (κ2) is 6.44. The van der Waals surface area contributed by atoms with Crippen LogP contribution in [0.3, 0.4) is 0 Å². The maximum Gasteiger partial charge on any atom is 0.193 e. The topological polar surface area (TPSA) is 59.6 Å². The van der Waals surface area contributed by atoms with Crippen molar-refractivity contribution in [2.75, 3.05) is 12.4 Å². The van der Waals surface area contributed by atoms with Crippen molar-refractivity contribution in [1.82, 2.24) is 0 Å². The first kappa shape index (κ1) is 13.0. The molecule has 0 fully saturated rings. The predicted molar refractivity (Wildman–Crippen MR) is 78.4 cm³/mol. The van der Waals surface area contributed by atoms with E-state index < -0.39 is 0 Å². The number of rotatable bonds is 4. The van der Waals surface area contributed by atoms with Gasteiger partial charge in [-0.3, -0.25) is 0 Å². The average Bonchev–Trinajstić information content (AvgIpc) is 2.47. The van der Waals surface area contributed by atoms with Gasteiger partial charge in [-0.2, -0.15) is 0 Å². The Morgan fingerprint density at radius 3 is 2.42 bits per heavy atom. The van der Waals surface area contributed by atoms with E-state index in [1.54, 1.807) is 7.11 Å². The zero-order chi connectivity index (χ0) is 13.5. The number of anilines is 1. The first-order chi connectivity index (χ1) is 9.28. The SMILES string of the molecule is COc1ccc(NC(N)=NCc2ccccc2)cc1. The number of guanidine groups is 1. The summed E-state index contributed by atoms with van der Waals surface area (Å²) in [6.45, 7) is 0.565. The number of nitrogens with one attached hydrogen (secondary N) is 1. The van der Waals surface area contributed by atoms with E-state index in [-0.39, 0.29) is 0 Å². The number of hydrogen-bond acceptors (Lipinski definition) is 2. The molecule has 2 rings (SSSR count). The molecule has 0 saturated carbocycles. The summed E-state index contributed by atoms with van der Waals surface area (Å²) in [4.78, 5) is 4.28. The molecule has 0 aliphatic rings. The number of hydrogen-bond donors (Lipinski definition) is 2. The second-order valence-corrected chi connectivity index (χ2v) is 4.04. The van der Waals surface area contributed by atoms with E-state index >= 15 is 0 Å². The summed E-state index contributed by atoms with van der Waals surface area (Å²) in [5.41, 5.74) is 7.84. The molecule has 0 amide bonds. The fourth-order valence-corrected chi connectivity index (χ4v) is 1.62. The third-order valence-corrected chi connectivity index (χ3v) is 2.64. The molecule has 0 aliphatic heterocycles. The Hall–Kier alpha value is -2.49. The molecule has 0 atom stereocenters. The Labute approximate surface area is 112 Å². The fourth-order valence-electron chi connectivity index (χ4n) is 1.62. The Morgan fingerprint density at radius 2 is 1.79 bits per heavy atom. The molecular formula is C15H17N3O. The molecule has 2 aromatic carbocycles. The molecule has 0 aromatic heterocycles. The van der Waals surface area contributed by atoms with Gasteiger partial charge in [0.05, 0.1) is 13.7 Å². The molecule has 0 bridgehead atoms. The second-order valence-electron chi connectivity index (χ2n) is 4.04. The minimum absolute atomic E-state index is 0.397. The summed E-state index contributed by atoms with van der Waals surface area (Å²) in [5, 5.41) is 3.04. The number of nitrogens with zero attached hydrogens (tertiary/aromatic N) is 1. The van der Waals surface area contributed by atoms with Crippen molar-refractivity contribution in [3.63, 3.8) is 0 Å². The Balaban J connectivity index is 1.94. The lowest BCUT2D eigenvalue weighted by atomic mass is 10.2. The minimum atomic E-state index is 0.397. The predicted octanol–water partition coefficient (Wildman–Crippen LogP) is 2.62. The van der Waals surface area contributed by atoms with E-state index in [1.807, 2.05) is 54.6 Å². The molecular weight excluding hydrogens is 238 g/mol. The van der Waals surface area contributed by atoms with Gasteiger partial charge < -0.3 is 15.8 Å². The molecule has 4 nitrogen and oxygen atoms in total. The van der Waals surface area contributed by atoms with Gasteiger partial charge >= 0.3 is 0 Å². The zero-order valence-corrected chi connectivity index (χ0v) is 10.8. The minimum Gasteiger partial charge on any atom is -0.497 e. The zero-order valence-electron chi connectivity index (χ0n) is 10.8. The van der Waals surface area contributed by atoms with Crippen LogP contribution in [0, 0.1) is 0 Å². The Morgan fingerprint density at radius 1 is 1.11 bits per heavy atom. The molecule has 19 heavy (non-hydrogen) atoms. The van der Waals surface area contributed by atoms with Crippen LogP contribution < -0.4 is 15.8 Å². The number of aliphatic imine (C=N–C) groups is 1. The summed E-state index contributed by atoms with van der Waals surface area (Å²) in [6, 6.07) is 17.5. The van der Waals surface area contributed by atoms with Crippen LogP contribution in [0.25, 0.3) is 0 Å². The number of ether oxygens (including phenoxy) is 1. The summed E-state index contributed by atoms with van der Waals surface area (Å²) < 4.78 is 5.09. The van der Waals surface area contributed by atoms with Gasteiger partial charge in [-0.15, -0.1) is 0 Å². The summed E-state index contributed by atoms with van der Waals surface area (Å²) >= 11 is 0. The summed E-state index contributed by atoms with van der Waals surface area (Å²) in [5.74, 6) is 1.21. The first-order valence-electron chi connectivity index (χ1n) is 6.03. The Kier molecular flexibility index (Phi) is 4.39. The summed E-state index contributed by atoms with van der Waals surface area (Å²) in [7, 11) is 1.64. The van der Waals surface area contributed by atoms with E-state index in [9.17, 15) is 0 Å². The van der Waals surface area contributed by atoms with Crippen molar-refractivity contribution < 1.29 is 4.74 Å². The average molecular weight is 255 g/mol. The van der Waals surface area contributed by atoms with E-state index in [0.29, 0.717) is 12.5 Å². The number of methoxy groups -OCH3 is 1. The molecule has 0 unspecified atom stereocenters. The van der Waals surface area contributed by atoms with Gasteiger partial charge in [0.1, 0.15) is 5.75 Å². The van der Waals surface area contributed by atoms with Gasteiger partial charge in [0.15, 0.2) is 5.96 Å². The molecule has 0 saturated heterocycles. The van der Waals surface area contributed by atoms with E-state index in [2.05, 4.69) is 10.3 Å². The van der Waals surface area contributed by atoms with Gasteiger partial charge in [-0.25, -0.2) is 4.99 Å². The molecule has 0 radical (unpaired) electrons. The highest BCUT2D eigenvalue weighted by molar-refractivity contribution is 5.92. The molecule has 0 aliphatic carbocycles. The van der Waals surface area contributed by atoms with Crippen molar-refractivity contribution in [1.29, 1.82) is 0 Å². The fraction of sp³-hybridized carbons (Fsp3) is 0.133. The third kappa shape index (κ3) is 4.03. The maximum atomic E-state index is 5.83. The van der Waals surface area contributed by atoms with Gasteiger partial charge in [-0.1, -0.05) is 30.3 Å². The number of nitrogens with two attached hydrogens (primary N) is 1. The highest BCUT2D eigenvalue weighted by atomic mass is 16.5. The van der Waals surface area contributed by atoms with Crippen LogP contribution in [0.2, 0.25) is 0 Å². The van der Waals surface area contributed by atoms with Gasteiger partial charge in [0, 0.05) is 5.69 Å². The van der Waals surface area contributed by atoms with Crippen molar-refractivity contribution in [3.05, 3.63) is 60.2 Å². The Bertz CT molecular complexity index is 535. The maximum absolute atomic E-state index is 5.83. The van der Waals surface area contributed by atoms with Crippen LogP contribution >= 0.6 is 0 Å². The monoisotopic (exact) mass is 255 g/mol. The van der Waals surface area contributed by atoms with Crippen LogP contribution in [-0.2, 0) is 6.54 Å². The molecule has 4 heteroatoms. The molecule has 2 aromatic rings. The van der Waals surface area contributed by atoms with Crippen LogP contribution in [0.15, 0.2) is 59.6 Å². The molecule has 3 N–H and O–H groups in total. The number of benzene rings is 2. The van der Waals surface area contributed by atoms with Crippen LogP contribution in [-0.4, -0.2) is 13.1 Å². The van der Waals surface area contributed by atoms with Crippen molar-refractivity contribution >= 4 is 11.6 Å².